The second-order valence-corrected chi connectivity index (χ2v) is 5.24. The van der Waals surface area contributed by atoms with Crippen molar-refractivity contribution in [2.45, 2.75) is 6.42 Å². The zero-order valence-electron chi connectivity index (χ0n) is 9.72. The van der Waals surface area contributed by atoms with Crippen LogP contribution in [0.4, 0.5) is 5.69 Å². The third-order valence-electron chi connectivity index (χ3n) is 2.40. The molecule has 0 aliphatic heterocycles. The number of hydrogen-bond acceptors (Lipinski definition) is 3. The maximum Gasteiger partial charge on any atom is 0.337 e. The number of hydrogen-bond donors (Lipinski definition) is 2. The monoisotopic (exact) mass is 295 g/mol. The van der Waals surface area contributed by atoms with Crippen LogP contribution in [0, 0.1) is 0 Å². The summed E-state index contributed by atoms with van der Waals surface area (Å²) >= 11 is 7.33. The Balaban J connectivity index is 2.05. The number of rotatable bonds is 4. The van der Waals surface area contributed by atoms with Crippen molar-refractivity contribution in [3.63, 3.8) is 0 Å². The van der Waals surface area contributed by atoms with Crippen LogP contribution in [0.3, 0.4) is 0 Å². The maximum atomic E-state index is 11.7. The van der Waals surface area contributed by atoms with Gasteiger partial charge in [0.15, 0.2) is 0 Å². The number of carbonyl (C=O) groups is 2. The molecule has 0 saturated heterocycles. The highest BCUT2D eigenvalue weighted by Gasteiger charge is 2.10. The molecule has 19 heavy (non-hydrogen) atoms. The largest absolute Gasteiger partial charge is 0.478 e. The molecule has 0 unspecified atom stereocenters. The van der Waals surface area contributed by atoms with Crippen LogP contribution in [-0.2, 0) is 11.2 Å². The lowest BCUT2D eigenvalue weighted by Crippen LogP contribution is -2.13. The van der Waals surface area contributed by atoms with Crippen LogP contribution in [0.2, 0.25) is 5.02 Å². The van der Waals surface area contributed by atoms with Crippen LogP contribution in [-0.4, -0.2) is 17.0 Å². The molecule has 0 bridgehead atoms. The fourth-order valence-corrected chi connectivity index (χ4v) is 2.51. The van der Waals surface area contributed by atoms with Crippen molar-refractivity contribution in [2.24, 2.45) is 0 Å². The second-order valence-electron chi connectivity index (χ2n) is 3.80. The van der Waals surface area contributed by atoms with E-state index in [0.717, 1.165) is 4.88 Å². The van der Waals surface area contributed by atoms with E-state index in [9.17, 15) is 9.59 Å². The van der Waals surface area contributed by atoms with Crippen LogP contribution in [0.5, 0.6) is 0 Å². The Morgan fingerprint density at radius 1 is 1.32 bits per heavy atom. The molecule has 2 aromatic rings. The van der Waals surface area contributed by atoms with E-state index in [0.29, 0.717) is 5.69 Å². The molecule has 0 spiro atoms. The minimum atomic E-state index is -1.10. The van der Waals surface area contributed by atoms with E-state index in [4.69, 9.17) is 16.7 Å². The van der Waals surface area contributed by atoms with Gasteiger partial charge < -0.3 is 10.4 Å². The van der Waals surface area contributed by atoms with Crippen LogP contribution in [0.25, 0.3) is 0 Å². The van der Waals surface area contributed by atoms with E-state index in [1.165, 1.54) is 29.5 Å². The van der Waals surface area contributed by atoms with Gasteiger partial charge in [-0.25, -0.2) is 4.79 Å². The second kappa shape index (κ2) is 5.86. The topological polar surface area (TPSA) is 66.4 Å². The summed E-state index contributed by atoms with van der Waals surface area (Å²) in [6, 6.07) is 8.07. The van der Waals surface area contributed by atoms with Crippen molar-refractivity contribution < 1.29 is 14.7 Å². The molecule has 1 aromatic carbocycles. The molecule has 4 nitrogen and oxygen atoms in total. The first kappa shape index (κ1) is 13.6. The van der Waals surface area contributed by atoms with E-state index in [-0.39, 0.29) is 22.9 Å². The highest BCUT2D eigenvalue weighted by atomic mass is 35.5. The predicted octanol–water partition coefficient (Wildman–Crippen LogP) is 3.28. The predicted molar refractivity (Wildman–Crippen MR) is 75.1 cm³/mol. The quantitative estimate of drug-likeness (QED) is 0.909. The van der Waals surface area contributed by atoms with Gasteiger partial charge in [-0.15, -0.1) is 11.3 Å². The van der Waals surface area contributed by atoms with Gasteiger partial charge in [-0.3, -0.25) is 4.79 Å². The number of amides is 1. The van der Waals surface area contributed by atoms with Crippen molar-refractivity contribution in [2.75, 3.05) is 5.32 Å². The smallest absolute Gasteiger partial charge is 0.337 e. The Hall–Kier alpha value is -1.85. The minimum Gasteiger partial charge on any atom is -0.478 e. The van der Waals surface area contributed by atoms with Gasteiger partial charge in [0, 0.05) is 10.6 Å². The number of carboxylic acids is 1. The van der Waals surface area contributed by atoms with Crippen molar-refractivity contribution in [3.8, 4) is 0 Å². The van der Waals surface area contributed by atoms with Crippen LogP contribution in [0.1, 0.15) is 15.2 Å². The van der Waals surface area contributed by atoms with Gasteiger partial charge in [0.25, 0.3) is 0 Å². The third kappa shape index (κ3) is 3.56. The highest BCUT2D eigenvalue weighted by molar-refractivity contribution is 7.10. The molecule has 0 radical (unpaired) electrons. The van der Waals surface area contributed by atoms with Gasteiger partial charge in [-0.1, -0.05) is 17.7 Å². The molecule has 0 saturated carbocycles. The summed E-state index contributed by atoms with van der Waals surface area (Å²) in [5.41, 5.74) is 0.495. The van der Waals surface area contributed by atoms with Crippen molar-refractivity contribution in [1.82, 2.24) is 0 Å². The normalized spacial score (nSPS) is 10.2. The molecule has 1 aromatic heterocycles. The van der Waals surface area contributed by atoms with Crippen LogP contribution >= 0.6 is 22.9 Å². The number of aromatic carboxylic acids is 1. The van der Waals surface area contributed by atoms with Crippen molar-refractivity contribution >= 4 is 40.5 Å². The lowest BCUT2D eigenvalue weighted by molar-refractivity contribution is -0.115. The minimum absolute atomic E-state index is 0.0120. The molecular weight excluding hydrogens is 286 g/mol. The lowest BCUT2D eigenvalue weighted by Gasteiger charge is -2.06. The number of nitrogens with one attached hydrogen (secondary N) is 1. The van der Waals surface area contributed by atoms with E-state index in [1.54, 1.807) is 0 Å². The lowest BCUT2D eigenvalue weighted by atomic mass is 10.2. The van der Waals surface area contributed by atoms with Gasteiger partial charge in [-0.05, 0) is 29.6 Å². The number of thiophene rings is 1. The number of halogens is 1. The fourth-order valence-electron chi connectivity index (χ4n) is 1.54. The Morgan fingerprint density at radius 3 is 2.68 bits per heavy atom. The van der Waals surface area contributed by atoms with Crippen LogP contribution in [0.15, 0.2) is 35.7 Å². The molecule has 1 heterocycles. The molecule has 1 amide bonds. The first-order valence-electron chi connectivity index (χ1n) is 5.41. The third-order valence-corrected chi connectivity index (χ3v) is 3.59. The average molecular weight is 296 g/mol. The summed E-state index contributed by atoms with van der Waals surface area (Å²) in [7, 11) is 0. The molecule has 2 rings (SSSR count). The summed E-state index contributed by atoms with van der Waals surface area (Å²) < 4.78 is 0. The Kier molecular flexibility index (Phi) is 4.19. The summed E-state index contributed by atoms with van der Waals surface area (Å²) in [5, 5.41) is 13.5. The number of benzene rings is 1. The molecule has 0 atom stereocenters. The highest BCUT2D eigenvalue weighted by Crippen LogP contribution is 2.21. The zero-order valence-corrected chi connectivity index (χ0v) is 11.3. The van der Waals surface area contributed by atoms with E-state index in [1.807, 2.05) is 17.5 Å². The Bertz CT molecular complexity index is 610. The molecule has 0 aliphatic rings. The molecule has 0 fully saturated rings. The number of carbonyl (C=O) groups excluding carboxylic acids is 1. The molecule has 6 heteroatoms. The molecular formula is C13H10ClNO3S. The van der Waals surface area contributed by atoms with Crippen LogP contribution < -0.4 is 5.32 Å². The van der Waals surface area contributed by atoms with Gasteiger partial charge in [0.2, 0.25) is 5.91 Å². The average Bonchev–Trinajstić information content (AvgIpc) is 2.81. The van der Waals surface area contributed by atoms with Gasteiger partial charge in [0.1, 0.15) is 0 Å². The summed E-state index contributed by atoms with van der Waals surface area (Å²) in [4.78, 5) is 23.5. The summed E-state index contributed by atoms with van der Waals surface area (Å²) in [6.45, 7) is 0. The van der Waals surface area contributed by atoms with E-state index in [2.05, 4.69) is 5.32 Å². The summed E-state index contributed by atoms with van der Waals surface area (Å²) in [6.07, 6.45) is 0.288. The Labute approximate surface area is 118 Å². The van der Waals surface area contributed by atoms with Crippen molar-refractivity contribution in [3.05, 3.63) is 51.2 Å². The number of anilines is 1. The zero-order chi connectivity index (χ0) is 13.8. The molecule has 98 valence electrons. The van der Waals surface area contributed by atoms with Gasteiger partial charge in [0.05, 0.1) is 17.0 Å². The maximum absolute atomic E-state index is 11.7. The first-order chi connectivity index (χ1) is 9.06. The van der Waals surface area contributed by atoms with Gasteiger partial charge >= 0.3 is 5.97 Å². The van der Waals surface area contributed by atoms with Gasteiger partial charge in [-0.2, -0.15) is 0 Å². The van der Waals surface area contributed by atoms with Crippen molar-refractivity contribution in [1.29, 1.82) is 0 Å². The molecule has 0 aliphatic carbocycles. The van der Waals surface area contributed by atoms with E-state index >= 15 is 0 Å². The Morgan fingerprint density at radius 2 is 2.11 bits per heavy atom. The summed E-state index contributed by atoms with van der Waals surface area (Å²) in [5.74, 6) is -1.26. The number of carboxylic acid groups (broad SMARTS) is 1. The standard InChI is InChI=1S/C13H10ClNO3S/c14-11-6-8(3-4-10(11)13(17)18)15-12(16)7-9-2-1-5-19-9/h1-6H,7H2,(H,15,16)(H,17,18). The first-order valence-corrected chi connectivity index (χ1v) is 6.67. The fraction of sp³-hybridized carbons (Fsp3) is 0.0769. The molecule has 2 N–H and O–H groups in total. The van der Waals surface area contributed by atoms with E-state index < -0.39 is 5.97 Å². The SMILES string of the molecule is O=C(Cc1cccs1)Nc1ccc(C(=O)O)c(Cl)c1.